The van der Waals surface area contributed by atoms with E-state index in [1.165, 1.54) is 24.4 Å². The Morgan fingerprint density at radius 3 is 2.44 bits per heavy atom. The number of sulfonamides is 1. The Hall–Kier alpha value is -3.51. The van der Waals surface area contributed by atoms with Crippen molar-refractivity contribution in [3.05, 3.63) is 76.9 Å². The lowest BCUT2D eigenvalue weighted by Gasteiger charge is -2.14. The van der Waals surface area contributed by atoms with E-state index >= 15 is 4.39 Å². The first kappa shape index (κ1) is 23.6. The van der Waals surface area contributed by atoms with Gasteiger partial charge in [-0.2, -0.15) is 13.2 Å². The molecule has 0 aliphatic heterocycles. The maximum absolute atomic E-state index is 15.2. The number of rotatable bonds is 4. The van der Waals surface area contributed by atoms with E-state index in [-0.39, 0.29) is 11.5 Å². The van der Waals surface area contributed by atoms with E-state index in [4.69, 9.17) is 17.3 Å². The van der Waals surface area contributed by atoms with Crippen molar-refractivity contribution in [1.82, 2.24) is 9.97 Å². The van der Waals surface area contributed by atoms with Gasteiger partial charge in [0.15, 0.2) is 5.82 Å². The number of nitrogen functional groups attached to an aromatic ring is 1. The van der Waals surface area contributed by atoms with E-state index in [9.17, 15) is 26.0 Å². The van der Waals surface area contributed by atoms with Gasteiger partial charge in [-0.1, -0.05) is 17.7 Å². The highest BCUT2D eigenvalue weighted by atomic mass is 35.5. The third-order valence-corrected chi connectivity index (χ3v) is 6.47. The predicted octanol–water partition coefficient (Wildman–Crippen LogP) is 5.63. The molecule has 4 rings (SSSR count). The lowest BCUT2D eigenvalue weighted by molar-refractivity contribution is -0.137. The van der Waals surface area contributed by atoms with Crippen LogP contribution in [-0.2, 0) is 16.2 Å². The minimum atomic E-state index is -4.92. The van der Waals surface area contributed by atoms with Crippen LogP contribution in [0.15, 0.2) is 59.6 Å². The average molecular weight is 515 g/mol. The number of nitrogens with zero attached hydrogens (tertiary/aromatic N) is 2. The minimum absolute atomic E-state index is 0.00453. The molecule has 13 heteroatoms. The number of fused-ring (bicyclic) bond motifs is 1. The molecule has 0 atom stereocenters. The topological polar surface area (TPSA) is 98.0 Å². The molecule has 0 spiro atoms. The lowest BCUT2D eigenvalue weighted by Crippen LogP contribution is -2.16. The first-order valence-corrected chi connectivity index (χ1v) is 11.1. The van der Waals surface area contributed by atoms with Gasteiger partial charge < -0.3 is 5.73 Å². The van der Waals surface area contributed by atoms with Gasteiger partial charge in [0.25, 0.3) is 10.0 Å². The van der Waals surface area contributed by atoms with Crippen LogP contribution in [0.4, 0.5) is 33.6 Å². The van der Waals surface area contributed by atoms with Crippen LogP contribution < -0.4 is 10.5 Å². The van der Waals surface area contributed by atoms with Gasteiger partial charge in [-0.25, -0.2) is 27.2 Å². The summed E-state index contributed by atoms with van der Waals surface area (Å²) in [6.45, 7) is 0. The molecule has 6 nitrogen and oxygen atoms in total. The highest BCUT2D eigenvalue weighted by Crippen LogP contribution is 2.37. The average Bonchev–Trinajstić information content (AvgIpc) is 2.75. The molecule has 1 aromatic heterocycles. The zero-order valence-corrected chi connectivity index (χ0v) is 18.2. The fourth-order valence-corrected chi connectivity index (χ4v) is 4.50. The van der Waals surface area contributed by atoms with Gasteiger partial charge >= 0.3 is 6.18 Å². The minimum Gasteiger partial charge on any atom is -0.368 e. The third kappa shape index (κ3) is 4.46. The van der Waals surface area contributed by atoms with Gasteiger partial charge in [-0.15, -0.1) is 0 Å². The van der Waals surface area contributed by atoms with E-state index in [2.05, 4.69) is 9.97 Å². The maximum atomic E-state index is 15.2. The molecule has 0 aliphatic rings. The van der Waals surface area contributed by atoms with Crippen LogP contribution in [0.3, 0.4) is 0 Å². The fourth-order valence-electron chi connectivity index (χ4n) is 3.19. The van der Waals surface area contributed by atoms with Crippen LogP contribution >= 0.6 is 11.6 Å². The van der Waals surface area contributed by atoms with Crippen molar-refractivity contribution in [2.75, 3.05) is 10.5 Å². The molecule has 0 saturated carbocycles. The number of benzene rings is 3. The summed E-state index contributed by atoms with van der Waals surface area (Å²) < 4.78 is 96.3. The van der Waals surface area contributed by atoms with Crippen molar-refractivity contribution >= 4 is 44.2 Å². The molecule has 3 N–H and O–H groups in total. The summed E-state index contributed by atoms with van der Waals surface area (Å²) >= 11 is 5.52. The summed E-state index contributed by atoms with van der Waals surface area (Å²) in [6.07, 6.45) is -3.57. The molecule has 34 heavy (non-hydrogen) atoms. The summed E-state index contributed by atoms with van der Waals surface area (Å²) in [6, 6.07) is 7.73. The summed E-state index contributed by atoms with van der Waals surface area (Å²) in [4.78, 5) is 6.99. The van der Waals surface area contributed by atoms with Crippen molar-refractivity contribution in [3.63, 3.8) is 0 Å². The molecule has 0 amide bonds. The number of aromatic nitrogens is 2. The maximum Gasteiger partial charge on any atom is 0.417 e. The number of nitrogens with two attached hydrogens (primary N) is 1. The second kappa shape index (κ2) is 8.37. The lowest BCUT2D eigenvalue weighted by atomic mass is 10.0. The molecule has 0 aliphatic carbocycles. The van der Waals surface area contributed by atoms with Crippen LogP contribution in [0.25, 0.3) is 22.0 Å². The van der Waals surface area contributed by atoms with E-state index in [0.717, 1.165) is 24.3 Å². The van der Waals surface area contributed by atoms with E-state index in [0.29, 0.717) is 17.0 Å². The first-order valence-electron chi connectivity index (χ1n) is 9.27. The number of hydrogen-bond acceptors (Lipinski definition) is 5. The Bertz CT molecular complexity index is 1540. The molecular formula is C21H12ClF5N4O2S. The van der Waals surface area contributed by atoms with Crippen LogP contribution in [0, 0.1) is 11.6 Å². The summed E-state index contributed by atoms with van der Waals surface area (Å²) in [5.74, 6) is -2.27. The Labute approximate surface area is 194 Å². The second-order valence-corrected chi connectivity index (χ2v) is 9.12. The molecule has 0 saturated heterocycles. The number of halogens is 6. The zero-order valence-electron chi connectivity index (χ0n) is 16.7. The van der Waals surface area contributed by atoms with Crippen molar-refractivity contribution in [1.29, 1.82) is 0 Å². The van der Waals surface area contributed by atoms with Crippen LogP contribution in [0.5, 0.6) is 0 Å². The van der Waals surface area contributed by atoms with Gasteiger partial charge in [-0.05, 0) is 48.0 Å². The molecule has 4 aromatic rings. The van der Waals surface area contributed by atoms with E-state index in [1.54, 1.807) is 0 Å². The van der Waals surface area contributed by atoms with Gasteiger partial charge in [0.2, 0.25) is 5.95 Å². The summed E-state index contributed by atoms with van der Waals surface area (Å²) in [5.41, 5.74) is 3.36. The molecule has 0 bridgehead atoms. The quantitative estimate of drug-likeness (QED) is 0.344. The third-order valence-electron chi connectivity index (χ3n) is 4.78. The normalized spacial score (nSPS) is 12.2. The van der Waals surface area contributed by atoms with Crippen molar-refractivity contribution < 1.29 is 30.4 Å². The monoisotopic (exact) mass is 514 g/mol. The number of alkyl halides is 3. The van der Waals surface area contributed by atoms with Crippen LogP contribution in [0.1, 0.15) is 5.56 Å². The number of anilines is 2. The molecule has 0 fully saturated rings. The molecule has 0 radical (unpaired) electrons. The number of hydrogen-bond donors (Lipinski definition) is 2. The van der Waals surface area contributed by atoms with Gasteiger partial charge in [0.05, 0.1) is 32.2 Å². The smallest absolute Gasteiger partial charge is 0.368 e. The predicted molar refractivity (Wildman–Crippen MR) is 117 cm³/mol. The molecule has 0 unspecified atom stereocenters. The van der Waals surface area contributed by atoms with Crippen molar-refractivity contribution in [2.24, 2.45) is 0 Å². The zero-order chi connectivity index (χ0) is 24.8. The number of nitrogens with one attached hydrogen (secondary N) is 1. The Kier molecular flexibility index (Phi) is 5.82. The van der Waals surface area contributed by atoms with Crippen LogP contribution in [0.2, 0.25) is 5.02 Å². The Morgan fingerprint density at radius 1 is 1.00 bits per heavy atom. The standard InChI is InChI=1S/C21H12ClF5N4O2S/c22-14-3-2-12(8-13(14)21(25,26)27)34(32,33)31-17-6-4-15(23)18(19(17)24)10-1-5-16-11(7-10)9-29-20(28)30-16/h1-9,31H,(H2,28,29,30). The van der Waals surface area contributed by atoms with Crippen molar-refractivity contribution in [2.45, 2.75) is 11.1 Å². The van der Waals surface area contributed by atoms with Crippen molar-refractivity contribution in [3.8, 4) is 11.1 Å². The first-order chi connectivity index (χ1) is 15.9. The summed E-state index contributed by atoms with van der Waals surface area (Å²) in [5, 5.41) is -0.291. The SMILES string of the molecule is Nc1ncc2cc(-c3c(F)ccc(NS(=O)(=O)c4ccc(Cl)c(C(F)(F)F)c4)c3F)ccc2n1. The molecular weight excluding hydrogens is 503 g/mol. The summed E-state index contributed by atoms with van der Waals surface area (Å²) in [7, 11) is -4.69. The van der Waals surface area contributed by atoms with E-state index in [1.807, 2.05) is 4.72 Å². The molecule has 3 aromatic carbocycles. The van der Waals surface area contributed by atoms with Gasteiger partial charge in [-0.3, -0.25) is 4.72 Å². The van der Waals surface area contributed by atoms with Gasteiger partial charge in [0.1, 0.15) is 5.82 Å². The molecule has 1 heterocycles. The Morgan fingerprint density at radius 2 is 1.74 bits per heavy atom. The molecule has 176 valence electrons. The second-order valence-electron chi connectivity index (χ2n) is 7.03. The van der Waals surface area contributed by atoms with Crippen LogP contribution in [-0.4, -0.2) is 18.4 Å². The van der Waals surface area contributed by atoms with Gasteiger partial charge in [0, 0.05) is 11.6 Å². The fraction of sp³-hybridized carbons (Fsp3) is 0.0476. The Balaban J connectivity index is 1.76. The largest absolute Gasteiger partial charge is 0.417 e. The highest BCUT2D eigenvalue weighted by Gasteiger charge is 2.34. The highest BCUT2D eigenvalue weighted by molar-refractivity contribution is 7.92. The van der Waals surface area contributed by atoms with E-state index < -0.39 is 54.6 Å².